The van der Waals surface area contributed by atoms with Crippen LogP contribution in [-0.2, 0) is 20.8 Å². The van der Waals surface area contributed by atoms with Crippen molar-refractivity contribution in [2.75, 3.05) is 23.3 Å². The maximum absolute atomic E-state index is 12.6. The SMILES string of the molecule is CC(=O)N1CCc2cc(NC(=O)CN3C(=O)NC(C)(C4CC4)C3=O)ccc21. The third-order valence-corrected chi connectivity index (χ3v) is 5.64. The molecule has 5 amide bonds. The van der Waals surface area contributed by atoms with E-state index in [1.165, 1.54) is 6.92 Å². The van der Waals surface area contributed by atoms with Crippen LogP contribution in [0.3, 0.4) is 0 Å². The summed E-state index contributed by atoms with van der Waals surface area (Å²) in [5.41, 5.74) is 1.54. The van der Waals surface area contributed by atoms with E-state index in [1.807, 2.05) is 6.07 Å². The minimum absolute atomic E-state index is 0.0113. The van der Waals surface area contributed by atoms with Crippen molar-refractivity contribution in [2.24, 2.45) is 5.92 Å². The number of amides is 5. The average Bonchev–Trinajstić information content (AvgIpc) is 3.34. The number of rotatable bonds is 4. The molecule has 2 N–H and O–H groups in total. The second-order valence-electron chi connectivity index (χ2n) is 7.61. The molecule has 4 rings (SSSR count). The monoisotopic (exact) mass is 370 g/mol. The van der Waals surface area contributed by atoms with Crippen LogP contribution >= 0.6 is 0 Å². The number of imide groups is 1. The summed E-state index contributed by atoms with van der Waals surface area (Å²) >= 11 is 0. The van der Waals surface area contributed by atoms with Crippen LogP contribution in [0.4, 0.5) is 16.2 Å². The van der Waals surface area contributed by atoms with Gasteiger partial charge in [0.15, 0.2) is 0 Å². The zero-order chi connectivity index (χ0) is 19.3. The Morgan fingerprint density at radius 1 is 1.30 bits per heavy atom. The molecule has 2 fully saturated rings. The first-order chi connectivity index (χ1) is 12.8. The molecule has 1 saturated heterocycles. The standard InChI is InChI=1S/C19H22N4O4/c1-11(24)22-8-7-12-9-14(5-6-15(12)22)20-16(25)10-23-17(26)19(2,13-3-4-13)21-18(23)27/h5-6,9,13H,3-4,7-8,10H2,1-2H3,(H,20,25)(H,21,27). The lowest BCUT2D eigenvalue weighted by Gasteiger charge is -2.20. The van der Waals surface area contributed by atoms with E-state index in [-0.39, 0.29) is 24.3 Å². The number of hydrogen-bond donors (Lipinski definition) is 2. The highest BCUT2D eigenvalue weighted by Gasteiger charge is 2.56. The third-order valence-electron chi connectivity index (χ3n) is 5.64. The van der Waals surface area contributed by atoms with Crippen molar-refractivity contribution in [3.63, 3.8) is 0 Å². The maximum atomic E-state index is 12.6. The van der Waals surface area contributed by atoms with E-state index in [0.717, 1.165) is 35.4 Å². The van der Waals surface area contributed by atoms with Crippen molar-refractivity contribution in [3.8, 4) is 0 Å². The Hall–Kier alpha value is -2.90. The van der Waals surface area contributed by atoms with Crippen molar-refractivity contribution in [3.05, 3.63) is 23.8 Å². The molecule has 0 aromatic heterocycles. The van der Waals surface area contributed by atoms with Crippen LogP contribution in [0.15, 0.2) is 18.2 Å². The summed E-state index contributed by atoms with van der Waals surface area (Å²) in [7, 11) is 0. The topological polar surface area (TPSA) is 98.8 Å². The van der Waals surface area contributed by atoms with Crippen molar-refractivity contribution in [2.45, 2.75) is 38.6 Å². The summed E-state index contributed by atoms with van der Waals surface area (Å²) in [4.78, 5) is 51.4. The molecule has 0 bridgehead atoms. The second kappa shape index (κ2) is 6.07. The number of carbonyl (C=O) groups is 4. The van der Waals surface area contributed by atoms with Gasteiger partial charge < -0.3 is 15.5 Å². The number of benzene rings is 1. The van der Waals surface area contributed by atoms with Gasteiger partial charge in [-0.15, -0.1) is 0 Å². The number of fused-ring (bicyclic) bond motifs is 1. The molecule has 2 heterocycles. The van der Waals surface area contributed by atoms with E-state index in [0.29, 0.717) is 12.2 Å². The Balaban J connectivity index is 1.42. The highest BCUT2D eigenvalue weighted by Crippen LogP contribution is 2.42. The molecule has 1 aromatic rings. The van der Waals surface area contributed by atoms with Crippen molar-refractivity contribution >= 4 is 35.1 Å². The Bertz CT molecular complexity index is 863. The Kier molecular flexibility index (Phi) is 3.94. The third kappa shape index (κ3) is 2.94. The number of nitrogens with zero attached hydrogens (tertiary/aromatic N) is 2. The zero-order valence-electron chi connectivity index (χ0n) is 15.4. The fourth-order valence-corrected chi connectivity index (χ4v) is 3.95. The minimum atomic E-state index is -0.888. The number of hydrogen-bond acceptors (Lipinski definition) is 4. The van der Waals surface area contributed by atoms with Gasteiger partial charge >= 0.3 is 6.03 Å². The van der Waals surface area contributed by atoms with Gasteiger partial charge in [-0.05, 0) is 55.9 Å². The molecule has 27 heavy (non-hydrogen) atoms. The van der Waals surface area contributed by atoms with E-state index in [1.54, 1.807) is 24.0 Å². The van der Waals surface area contributed by atoms with Gasteiger partial charge in [0.2, 0.25) is 11.8 Å². The van der Waals surface area contributed by atoms with Crippen LogP contribution in [0, 0.1) is 5.92 Å². The lowest BCUT2D eigenvalue weighted by molar-refractivity contribution is -0.134. The first-order valence-corrected chi connectivity index (χ1v) is 9.14. The van der Waals surface area contributed by atoms with Gasteiger partial charge in [-0.2, -0.15) is 0 Å². The zero-order valence-corrected chi connectivity index (χ0v) is 15.4. The molecular weight excluding hydrogens is 348 g/mol. The molecule has 8 nitrogen and oxygen atoms in total. The first-order valence-electron chi connectivity index (χ1n) is 9.14. The number of anilines is 2. The van der Waals surface area contributed by atoms with Gasteiger partial charge in [-0.3, -0.25) is 19.3 Å². The molecule has 1 aromatic carbocycles. The molecule has 2 aliphatic heterocycles. The molecule has 3 aliphatic rings. The number of nitrogens with one attached hydrogen (secondary N) is 2. The fourth-order valence-electron chi connectivity index (χ4n) is 3.95. The molecular formula is C19H22N4O4. The summed E-state index contributed by atoms with van der Waals surface area (Å²) in [5.74, 6) is -0.623. The molecule has 0 spiro atoms. The number of carbonyl (C=O) groups excluding carboxylic acids is 4. The number of urea groups is 1. The van der Waals surface area contributed by atoms with Gasteiger partial charge in [0, 0.05) is 24.8 Å². The lowest BCUT2D eigenvalue weighted by Crippen LogP contribution is -2.46. The van der Waals surface area contributed by atoms with E-state index in [4.69, 9.17) is 0 Å². The molecule has 0 radical (unpaired) electrons. The highest BCUT2D eigenvalue weighted by atomic mass is 16.2. The summed E-state index contributed by atoms with van der Waals surface area (Å²) < 4.78 is 0. The molecule has 1 aliphatic carbocycles. The predicted molar refractivity (Wildman–Crippen MR) is 98.2 cm³/mol. The van der Waals surface area contributed by atoms with Gasteiger partial charge in [-0.25, -0.2) is 4.79 Å². The van der Waals surface area contributed by atoms with Crippen LogP contribution < -0.4 is 15.5 Å². The van der Waals surface area contributed by atoms with E-state index in [9.17, 15) is 19.2 Å². The van der Waals surface area contributed by atoms with Gasteiger partial charge in [0.25, 0.3) is 5.91 Å². The van der Waals surface area contributed by atoms with Gasteiger partial charge in [0.1, 0.15) is 12.1 Å². The molecule has 8 heteroatoms. The predicted octanol–water partition coefficient (Wildman–Crippen LogP) is 1.25. The summed E-state index contributed by atoms with van der Waals surface area (Å²) in [6.45, 7) is 3.57. The lowest BCUT2D eigenvalue weighted by atomic mass is 9.96. The molecule has 1 saturated carbocycles. The molecule has 1 unspecified atom stereocenters. The molecule has 1 atom stereocenters. The maximum Gasteiger partial charge on any atom is 0.325 e. The van der Waals surface area contributed by atoms with E-state index < -0.39 is 17.5 Å². The van der Waals surface area contributed by atoms with Crippen LogP contribution in [-0.4, -0.2) is 47.3 Å². The smallest absolute Gasteiger partial charge is 0.325 e. The molecule has 142 valence electrons. The summed E-state index contributed by atoms with van der Waals surface area (Å²) in [5, 5.41) is 5.47. The Morgan fingerprint density at radius 2 is 2.04 bits per heavy atom. The second-order valence-corrected chi connectivity index (χ2v) is 7.61. The van der Waals surface area contributed by atoms with Crippen LogP contribution in [0.25, 0.3) is 0 Å². The largest absolute Gasteiger partial charge is 0.325 e. The Labute approximate surface area is 156 Å². The highest BCUT2D eigenvalue weighted by molar-refractivity contribution is 6.10. The van der Waals surface area contributed by atoms with Crippen LogP contribution in [0.1, 0.15) is 32.3 Å². The normalized spacial score (nSPS) is 24.1. The summed E-state index contributed by atoms with van der Waals surface area (Å²) in [6, 6.07) is 4.83. The Morgan fingerprint density at radius 3 is 2.70 bits per heavy atom. The van der Waals surface area contributed by atoms with Crippen molar-refractivity contribution in [1.29, 1.82) is 0 Å². The van der Waals surface area contributed by atoms with Crippen LogP contribution in [0.2, 0.25) is 0 Å². The van der Waals surface area contributed by atoms with Crippen LogP contribution in [0.5, 0.6) is 0 Å². The minimum Gasteiger partial charge on any atom is -0.325 e. The van der Waals surface area contributed by atoms with E-state index in [2.05, 4.69) is 10.6 Å². The van der Waals surface area contributed by atoms with Gasteiger partial charge in [-0.1, -0.05) is 0 Å². The van der Waals surface area contributed by atoms with Crippen molar-refractivity contribution < 1.29 is 19.2 Å². The average molecular weight is 370 g/mol. The fraction of sp³-hybridized carbons (Fsp3) is 0.474. The quantitative estimate of drug-likeness (QED) is 0.780. The van der Waals surface area contributed by atoms with Gasteiger partial charge in [0.05, 0.1) is 0 Å². The van der Waals surface area contributed by atoms with E-state index >= 15 is 0 Å². The van der Waals surface area contributed by atoms with Crippen molar-refractivity contribution in [1.82, 2.24) is 10.2 Å². The summed E-state index contributed by atoms with van der Waals surface area (Å²) in [6.07, 6.45) is 2.55. The first kappa shape index (κ1) is 17.5.